The van der Waals surface area contributed by atoms with Gasteiger partial charge in [0, 0.05) is 12.2 Å². The van der Waals surface area contributed by atoms with E-state index in [1.54, 1.807) is 18.7 Å². The Balaban J connectivity index is 2.29. The highest BCUT2D eigenvalue weighted by molar-refractivity contribution is 5.98. The van der Waals surface area contributed by atoms with Crippen LogP contribution in [0.1, 0.15) is 39.7 Å². The standard InChI is InChI=1S/C19H28N4O3/c1-5-12(2)15-16(24)22-14-9-7-6-8-13(14)10-23(15)18(26)21-11-19(3,4)17(20)25/h6-9,12,15H,5,10-11H2,1-4H3,(H2,20,25)(H,21,26)(H,22,24). The first-order chi connectivity index (χ1) is 12.2. The molecule has 7 nitrogen and oxygen atoms in total. The van der Waals surface area contributed by atoms with Crippen molar-refractivity contribution in [1.29, 1.82) is 0 Å². The maximum absolute atomic E-state index is 12.9. The summed E-state index contributed by atoms with van der Waals surface area (Å²) in [6.07, 6.45) is 0.755. The quantitative estimate of drug-likeness (QED) is 0.748. The SMILES string of the molecule is CCC(C)C1C(=O)Nc2ccccc2CN1C(=O)NCC(C)(C)C(N)=O. The number of primary amides is 1. The average molecular weight is 360 g/mol. The Kier molecular flexibility index (Phi) is 5.90. The molecule has 2 atom stereocenters. The molecule has 4 N–H and O–H groups in total. The second-order valence-electron chi connectivity index (χ2n) is 7.51. The van der Waals surface area contributed by atoms with Gasteiger partial charge in [0.2, 0.25) is 11.8 Å². The summed E-state index contributed by atoms with van der Waals surface area (Å²) in [4.78, 5) is 38.7. The summed E-state index contributed by atoms with van der Waals surface area (Å²) in [6.45, 7) is 7.70. The van der Waals surface area contributed by atoms with Crippen molar-refractivity contribution in [2.24, 2.45) is 17.1 Å². The molecule has 1 aliphatic heterocycles. The summed E-state index contributed by atoms with van der Waals surface area (Å²) in [5.74, 6) is -0.706. The van der Waals surface area contributed by atoms with Crippen molar-refractivity contribution in [2.45, 2.75) is 46.7 Å². The molecular formula is C19H28N4O3. The molecule has 0 aromatic heterocycles. The van der Waals surface area contributed by atoms with E-state index in [1.807, 2.05) is 38.1 Å². The van der Waals surface area contributed by atoms with E-state index >= 15 is 0 Å². The molecule has 0 saturated carbocycles. The second kappa shape index (κ2) is 7.76. The number of fused-ring (bicyclic) bond motifs is 1. The smallest absolute Gasteiger partial charge is 0.318 e. The minimum atomic E-state index is -0.868. The lowest BCUT2D eigenvalue weighted by atomic mass is 9.93. The molecule has 1 aliphatic rings. The van der Waals surface area contributed by atoms with Crippen LogP contribution in [0.3, 0.4) is 0 Å². The summed E-state index contributed by atoms with van der Waals surface area (Å²) in [6, 6.07) is 6.48. The van der Waals surface area contributed by atoms with Crippen LogP contribution in [0, 0.1) is 11.3 Å². The number of nitrogens with one attached hydrogen (secondary N) is 2. The van der Waals surface area contributed by atoms with Gasteiger partial charge in [-0.3, -0.25) is 9.59 Å². The van der Waals surface area contributed by atoms with Gasteiger partial charge in [-0.15, -0.1) is 0 Å². The molecule has 1 aromatic carbocycles. The van der Waals surface area contributed by atoms with Gasteiger partial charge in [-0.2, -0.15) is 0 Å². The fourth-order valence-electron chi connectivity index (χ4n) is 2.88. The van der Waals surface area contributed by atoms with Gasteiger partial charge >= 0.3 is 6.03 Å². The van der Waals surface area contributed by atoms with Gasteiger partial charge in [-0.05, 0) is 31.4 Å². The van der Waals surface area contributed by atoms with Crippen molar-refractivity contribution in [2.75, 3.05) is 11.9 Å². The zero-order chi connectivity index (χ0) is 19.5. The molecule has 1 aromatic rings. The van der Waals surface area contributed by atoms with Gasteiger partial charge in [0.15, 0.2) is 0 Å². The van der Waals surface area contributed by atoms with E-state index in [0.717, 1.165) is 17.7 Å². The number of para-hydroxylation sites is 1. The summed E-state index contributed by atoms with van der Waals surface area (Å²) >= 11 is 0. The Morgan fingerprint density at radius 1 is 1.38 bits per heavy atom. The molecule has 4 amide bonds. The van der Waals surface area contributed by atoms with Gasteiger partial charge < -0.3 is 21.3 Å². The van der Waals surface area contributed by atoms with Crippen LogP contribution in [0.25, 0.3) is 0 Å². The summed E-state index contributed by atoms with van der Waals surface area (Å²) in [5.41, 5.74) is 6.10. The monoisotopic (exact) mass is 360 g/mol. The lowest BCUT2D eigenvalue weighted by Gasteiger charge is -2.33. The Bertz CT molecular complexity index is 702. The Morgan fingerprint density at radius 3 is 2.65 bits per heavy atom. The molecule has 26 heavy (non-hydrogen) atoms. The third-order valence-corrected chi connectivity index (χ3v) is 5.01. The van der Waals surface area contributed by atoms with Crippen LogP contribution in [0.2, 0.25) is 0 Å². The van der Waals surface area contributed by atoms with Crippen molar-refractivity contribution >= 4 is 23.5 Å². The van der Waals surface area contributed by atoms with Crippen LogP contribution in [-0.4, -0.2) is 35.3 Å². The third kappa shape index (κ3) is 4.15. The molecule has 0 aliphatic carbocycles. The van der Waals surface area contributed by atoms with Crippen molar-refractivity contribution in [3.05, 3.63) is 29.8 Å². The van der Waals surface area contributed by atoms with Gasteiger partial charge in [0.05, 0.1) is 12.0 Å². The van der Waals surface area contributed by atoms with Crippen LogP contribution in [0.4, 0.5) is 10.5 Å². The van der Waals surface area contributed by atoms with Crippen molar-refractivity contribution in [3.63, 3.8) is 0 Å². The number of anilines is 1. The van der Waals surface area contributed by atoms with E-state index in [-0.39, 0.29) is 24.4 Å². The number of nitrogens with zero attached hydrogens (tertiary/aromatic N) is 1. The van der Waals surface area contributed by atoms with E-state index in [1.165, 1.54) is 0 Å². The normalized spacial score (nSPS) is 18.4. The number of nitrogens with two attached hydrogens (primary N) is 1. The van der Waals surface area contributed by atoms with Crippen LogP contribution in [0.5, 0.6) is 0 Å². The fraction of sp³-hybridized carbons (Fsp3) is 0.526. The maximum atomic E-state index is 12.9. The Hall–Kier alpha value is -2.57. The van der Waals surface area contributed by atoms with Crippen LogP contribution >= 0.6 is 0 Å². The molecule has 0 saturated heterocycles. The number of hydrogen-bond donors (Lipinski definition) is 3. The van der Waals surface area contributed by atoms with E-state index < -0.39 is 17.4 Å². The summed E-state index contributed by atoms with van der Waals surface area (Å²) < 4.78 is 0. The van der Waals surface area contributed by atoms with Crippen molar-refractivity contribution < 1.29 is 14.4 Å². The second-order valence-corrected chi connectivity index (χ2v) is 7.51. The largest absolute Gasteiger partial charge is 0.369 e. The van der Waals surface area contributed by atoms with E-state index in [9.17, 15) is 14.4 Å². The van der Waals surface area contributed by atoms with Gasteiger partial charge in [0.1, 0.15) is 6.04 Å². The third-order valence-electron chi connectivity index (χ3n) is 5.01. The molecule has 0 radical (unpaired) electrons. The molecule has 7 heteroatoms. The zero-order valence-corrected chi connectivity index (χ0v) is 15.8. The molecule has 0 fully saturated rings. The minimum Gasteiger partial charge on any atom is -0.369 e. The molecule has 1 heterocycles. The molecule has 2 rings (SSSR count). The molecule has 0 bridgehead atoms. The number of amides is 4. The van der Waals surface area contributed by atoms with Crippen molar-refractivity contribution in [3.8, 4) is 0 Å². The fourth-order valence-corrected chi connectivity index (χ4v) is 2.88. The van der Waals surface area contributed by atoms with Crippen LogP contribution in [0.15, 0.2) is 24.3 Å². The highest BCUT2D eigenvalue weighted by atomic mass is 16.2. The number of urea groups is 1. The van der Waals surface area contributed by atoms with Crippen molar-refractivity contribution in [1.82, 2.24) is 10.2 Å². The number of hydrogen-bond acceptors (Lipinski definition) is 3. The Labute approximate surface area is 154 Å². The first-order valence-corrected chi connectivity index (χ1v) is 8.90. The van der Waals surface area contributed by atoms with E-state index in [0.29, 0.717) is 6.54 Å². The molecule has 2 unspecified atom stereocenters. The van der Waals surface area contributed by atoms with Gasteiger partial charge in [0.25, 0.3) is 0 Å². The van der Waals surface area contributed by atoms with E-state index in [2.05, 4.69) is 10.6 Å². The number of carbonyl (C=O) groups excluding carboxylic acids is 3. The molecule has 142 valence electrons. The number of rotatable bonds is 5. The zero-order valence-electron chi connectivity index (χ0n) is 15.8. The summed E-state index contributed by atoms with van der Waals surface area (Å²) in [7, 11) is 0. The molecular weight excluding hydrogens is 332 g/mol. The lowest BCUT2D eigenvalue weighted by molar-refractivity contribution is -0.126. The lowest BCUT2D eigenvalue weighted by Crippen LogP contribution is -2.54. The highest BCUT2D eigenvalue weighted by Gasteiger charge is 2.37. The number of benzene rings is 1. The first kappa shape index (κ1) is 19.8. The van der Waals surface area contributed by atoms with E-state index in [4.69, 9.17) is 5.73 Å². The highest BCUT2D eigenvalue weighted by Crippen LogP contribution is 2.27. The van der Waals surface area contributed by atoms with Crippen LogP contribution < -0.4 is 16.4 Å². The first-order valence-electron chi connectivity index (χ1n) is 8.90. The Morgan fingerprint density at radius 2 is 2.04 bits per heavy atom. The predicted octanol–water partition coefficient (Wildman–Crippen LogP) is 2.08. The predicted molar refractivity (Wildman–Crippen MR) is 100 cm³/mol. The number of carbonyl (C=O) groups is 3. The molecule has 0 spiro atoms. The average Bonchev–Trinajstić information content (AvgIpc) is 2.74. The summed E-state index contributed by atoms with van der Waals surface area (Å²) in [5, 5.41) is 5.70. The van der Waals surface area contributed by atoms with Crippen LogP contribution in [-0.2, 0) is 16.1 Å². The van der Waals surface area contributed by atoms with Gasteiger partial charge in [-0.1, -0.05) is 38.5 Å². The minimum absolute atomic E-state index is 0.0146. The van der Waals surface area contributed by atoms with Gasteiger partial charge in [-0.25, -0.2) is 4.79 Å². The topological polar surface area (TPSA) is 105 Å². The maximum Gasteiger partial charge on any atom is 0.318 e.